The summed E-state index contributed by atoms with van der Waals surface area (Å²) >= 11 is 5.48. The van der Waals surface area contributed by atoms with Crippen molar-refractivity contribution in [3.63, 3.8) is 0 Å². The largest absolute Gasteiger partial charge is 0.326 e. The molecule has 0 aliphatic rings. The van der Waals surface area contributed by atoms with Gasteiger partial charge in [-0.05, 0) is 31.9 Å². The van der Waals surface area contributed by atoms with E-state index >= 15 is 0 Å². The summed E-state index contributed by atoms with van der Waals surface area (Å²) in [6.07, 6.45) is 2.13. The SMILES string of the molecule is CSCCN(C)C(c1ccccc1Br)C(C)N. The van der Waals surface area contributed by atoms with Crippen LogP contribution in [0.25, 0.3) is 0 Å². The van der Waals surface area contributed by atoms with Gasteiger partial charge in [0, 0.05) is 22.8 Å². The summed E-state index contributed by atoms with van der Waals surface area (Å²) in [4.78, 5) is 2.33. The number of benzene rings is 1. The second-order valence-corrected chi connectivity index (χ2v) is 6.14. The fourth-order valence-electron chi connectivity index (χ4n) is 2.01. The van der Waals surface area contributed by atoms with Gasteiger partial charge in [0.05, 0.1) is 6.04 Å². The van der Waals surface area contributed by atoms with Gasteiger partial charge in [0.15, 0.2) is 0 Å². The Labute approximate surface area is 117 Å². The fourth-order valence-corrected chi connectivity index (χ4v) is 3.00. The van der Waals surface area contributed by atoms with E-state index in [4.69, 9.17) is 5.73 Å². The first-order valence-electron chi connectivity index (χ1n) is 5.77. The van der Waals surface area contributed by atoms with Gasteiger partial charge < -0.3 is 5.73 Å². The minimum absolute atomic E-state index is 0.112. The molecule has 0 aromatic heterocycles. The predicted molar refractivity (Wildman–Crippen MR) is 81.5 cm³/mol. The van der Waals surface area contributed by atoms with E-state index in [1.165, 1.54) is 5.56 Å². The quantitative estimate of drug-likeness (QED) is 0.874. The van der Waals surface area contributed by atoms with Gasteiger partial charge >= 0.3 is 0 Å². The predicted octanol–water partition coefficient (Wildman–Crippen LogP) is 3.13. The number of hydrogen-bond donors (Lipinski definition) is 1. The van der Waals surface area contributed by atoms with Gasteiger partial charge in [0.2, 0.25) is 0 Å². The zero-order valence-electron chi connectivity index (χ0n) is 10.7. The van der Waals surface area contributed by atoms with Gasteiger partial charge in [-0.15, -0.1) is 0 Å². The van der Waals surface area contributed by atoms with E-state index < -0.39 is 0 Å². The van der Waals surface area contributed by atoms with Crippen molar-refractivity contribution in [3.8, 4) is 0 Å². The Balaban J connectivity index is 2.89. The molecule has 2 atom stereocenters. The van der Waals surface area contributed by atoms with Crippen molar-refractivity contribution in [3.05, 3.63) is 34.3 Å². The molecule has 96 valence electrons. The minimum Gasteiger partial charge on any atom is -0.326 e. The number of thioether (sulfide) groups is 1. The maximum atomic E-state index is 6.14. The maximum Gasteiger partial charge on any atom is 0.0505 e. The van der Waals surface area contributed by atoms with Crippen LogP contribution in [0.15, 0.2) is 28.7 Å². The Morgan fingerprint density at radius 1 is 1.41 bits per heavy atom. The number of nitrogens with zero attached hydrogens (tertiary/aromatic N) is 1. The van der Waals surface area contributed by atoms with Crippen LogP contribution >= 0.6 is 27.7 Å². The molecule has 1 aromatic rings. The molecule has 17 heavy (non-hydrogen) atoms. The zero-order valence-corrected chi connectivity index (χ0v) is 13.1. The first-order chi connectivity index (χ1) is 8.07. The molecule has 0 fully saturated rings. The third-order valence-electron chi connectivity index (χ3n) is 2.84. The van der Waals surface area contributed by atoms with Crippen LogP contribution in [0, 0.1) is 0 Å². The van der Waals surface area contributed by atoms with Gasteiger partial charge in [0.1, 0.15) is 0 Å². The van der Waals surface area contributed by atoms with Crippen molar-refractivity contribution < 1.29 is 0 Å². The molecule has 4 heteroatoms. The molecule has 2 unspecified atom stereocenters. The lowest BCUT2D eigenvalue weighted by atomic mass is 10.00. The Bertz CT molecular complexity index is 344. The topological polar surface area (TPSA) is 29.3 Å². The summed E-state index contributed by atoms with van der Waals surface area (Å²) in [7, 11) is 2.14. The second kappa shape index (κ2) is 7.41. The van der Waals surface area contributed by atoms with Crippen LogP contribution in [0.2, 0.25) is 0 Å². The number of likely N-dealkylation sites (N-methyl/N-ethyl adjacent to an activating group) is 1. The van der Waals surface area contributed by atoms with Crippen LogP contribution in [0.5, 0.6) is 0 Å². The Hall–Kier alpha value is -0.0300. The normalized spacial score (nSPS) is 14.9. The fraction of sp³-hybridized carbons (Fsp3) is 0.538. The molecule has 0 aliphatic carbocycles. The van der Waals surface area contributed by atoms with E-state index in [0.717, 1.165) is 16.8 Å². The maximum absolute atomic E-state index is 6.14. The summed E-state index contributed by atoms with van der Waals surface area (Å²) in [6, 6.07) is 8.70. The number of halogens is 1. The van der Waals surface area contributed by atoms with Crippen molar-refractivity contribution in [2.45, 2.75) is 19.0 Å². The molecule has 0 heterocycles. The highest BCUT2D eigenvalue weighted by Crippen LogP contribution is 2.28. The van der Waals surface area contributed by atoms with Crippen molar-refractivity contribution in [1.82, 2.24) is 4.90 Å². The van der Waals surface area contributed by atoms with Crippen LogP contribution in [0.1, 0.15) is 18.5 Å². The Morgan fingerprint density at radius 3 is 2.59 bits per heavy atom. The van der Waals surface area contributed by atoms with Gasteiger partial charge in [0.25, 0.3) is 0 Å². The highest BCUT2D eigenvalue weighted by Gasteiger charge is 2.22. The molecular formula is C13H21BrN2S. The smallest absolute Gasteiger partial charge is 0.0505 e. The lowest BCUT2D eigenvalue weighted by Crippen LogP contribution is -2.38. The van der Waals surface area contributed by atoms with E-state index in [1.807, 2.05) is 17.8 Å². The number of rotatable bonds is 6. The second-order valence-electron chi connectivity index (χ2n) is 4.30. The number of hydrogen-bond acceptors (Lipinski definition) is 3. The Kier molecular flexibility index (Phi) is 6.55. The lowest BCUT2D eigenvalue weighted by molar-refractivity contribution is 0.231. The highest BCUT2D eigenvalue weighted by molar-refractivity contribution is 9.10. The summed E-state index contributed by atoms with van der Waals surface area (Å²) in [5, 5.41) is 0. The molecule has 1 rings (SSSR count). The average molecular weight is 317 g/mol. The van der Waals surface area contributed by atoms with E-state index in [-0.39, 0.29) is 12.1 Å². The first kappa shape index (κ1) is 15.0. The molecule has 0 saturated carbocycles. The molecular weight excluding hydrogens is 296 g/mol. The van der Waals surface area contributed by atoms with Crippen LogP contribution in [0.3, 0.4) is 0 Å². The van der Waals surface area contributed by atoms with E-state index in [0.29, 0.717) is 0 Å². The molecule has 0 spiro atoms. The van der Waals surface area contributed by atoms with Crippen LogP contribution < -0.4 is 5.73 Å². The number of nitrogens with two attached hydrogens (primary N) is 1. The van der Waals surface area contributed by atoms with Crippen molar-refractivity contribution in [2.75, 3.05) is 25.6 Å². The van der Waals surface area contributed by atoms with E-state index in [1.54, 1.807) is 0 Å². The molecule has 0 amide bonds. The van der Waals surface area contributed by atoms with E-state index in [2.05, 4.69) is 59.3 Å². The molecule has 1 aromatic carbocycles. The Morgan fingerprint density at radius 2 is 2.06 bits per heavy atom. The summed E-state index contributed by atoms with van der Waals surface area (Å²) in [5.74, 6) is 1.13. The third-order valence-corrected chi connectivity index (χ3v) is 4.16. The standard InChI is InChI=1S/C13H21BrN2S/c1-10(15)13(16(2)8-9-17-3)11-6-4-5-7-12(11)14/h4-7,10,13H,8-9,15H2,1-3H3. The summed E-state index contributed by atoms with van der Waals surface area (Å²) in [6.45, 7) is 3.12. The minimum atomic E-state index is 0.112. The van der Waals surface area contributed by atoms with Crippen molar-refractivity contribution in [2.24, 2.45) is 5.73 Å². The van der Waals surface area contributed by atoms with Crippen LogP contribution in [0.4, 0.5) is 0 Å². The summed E-state index contributed by atoms with van der Waals surface area (Å²) in [5.41, 5.74) is 7.41. The van der Waals surface area contributed by atoms with Crippen molar-refractivity contribution >= 4 is 27.7 Å². The van der Waals surface area contributed by atoms with Crippen molar-refractivity contribution in [1.29, 1.82) is 0 Å². The highest BCUT2D eigenvalue weighted by atomic mass is 79.9. The molecule has 2 N–H and O–H groups in total. The van der Waals surface area contributed by atoms with Crippen LogP contribution in [-0.4, -0.2) is 36.5 Å². The van der Waals surface area contributed by atoms with Gasteiger partial charge in [-0.1, -0.05) is 34.1 Å². The van der Waals surface area contributed by atoms with Gasteiger partial charge in [-0.3, -0.25) is 4.90 Å². The molecule has 0 aliphatic heterocycles. The first-order valence-corrected chi connectivity index (χ1v) is 7.95. The molecule has 0 bridgehead atoms. The van der Waals surface area contributed by atoms with Gasteiger partial charge in [-0.2, -0.15) is 11.8 Å². The molecule has 0 radical (unpaired) electrons. The summed E-state index contributed by atoms with van der Waals surface area (Å²) < 4.78 is 1.14. The van der Waals surface area contributed by atoms with Crippen LogP contribution in [-0.2, 0) is 0 Å². The zero-order chi connectivity index (χ0) is 12.8. The van der Waals surface area contributed by atoms with E-state index in [9.17, 15) is 0 Å². The lowest BCUT2D eigenvalue weighted by Gasteiger charge is -2.32. The van der Waals surface area contributed by atoms with Gasteiger partial charge in [-0.25, -0.2) is 0 Å². The third kappa shape index (κ3) is 4.28. The average Bonchev–Trinajstić information content (AvgIpc) is 2.29. The monoisotopic (exact) mass is 316 g/mol. The molecule has 2 nitrogen and oxygen atoms in total. The molecule has 0 saturated heterocycles.